The summed E-state index contributed by atoms with van der Waals surface area (Å²) in [7, 11) is 0. The van der Waals surface area contributed by atoms with E-state index in [4.69, 9.17) is 5.11 Å². The third-order valence-corrected chi connectivity index (χ3v) is 1.21. The molecule has 0 aromatic heterocycles. The summed E-state index contributed by atoms with van der Waals surface area (Å²) in [5.41, 5.74) is 0.446. The number of ether oxygens (including phenoxy) is 1. The Morgan fingerprint density at radius 3 is 2.50 bits per heavy atom. The fourth-order valence-corrected chi connectivity index (χ4v) is 0.716. The van der Waals surface area contributed by atoms with Gasteiger partial charge in [0.2, 0.25) is 0 Å². The fraction of sp³-hybridized carbons (Fsp3) is 0.125. The SMILES string of the molecule is O=C(OCO)c1ccccc1.[H-].[K+]. The summed E-state index contributed by atoms with van der Waals surface area (Å²) in [6.45, 7) is -0.576. The van der Waals surface area contributed by atoms with Gasteiger partial charge in [0.1, 0.15) is 0 Å². The van der Waals surface area contributed by atoms with Gasteiger partial charge in [-0.25, -0.2) is 4.79 Å². The minimum atomic E-state index is -0.576. The maximum absolute atomic E-state index is 10.9. The second-order valence-corrected chi connectivity index (χ2v) is 1.93. The molecule has 0 bridgehead atoms. The predicted octanol–water partition coefficient (Wildman–Crippen LogP) is -2.09. The smallest absolute Gasteiger partial charge is 1.00 e. The van der Waals surface area contributed by atoms with Gasteiger partial charge in [-0.05, 0) is 12.1 Å². The molecule has 1 aromatic rings. The van der Waals surface area contributed by atoms with Gasteiger partial charge in [-0.1, -0.05) is 18.2 Å². The second kappa shape index (κ2) is 6.76. The van der Waals surface area contributed by atoms with Crippen molar-refractivity contribution < 1.29 is 67.4 Å². The molecule has 0 spiro atoms. The first kappa shape index (κ1) is 12.3. The van der Waals surface area contributed by atoms with Crippen LogP contribution in [0.15, 0.2) is 30.3 Å². The van der Waals surface area contributed by atoms with Crippen LogP contribution in [0, 0.1) is 0 Å². The molecule has 0 aliphatic carbocycles. The van der Waals surface area contributed by atoms with Crippen molar-refractivity contribution in [3.05, 3.63) is 35.9 Å². The second-order valence-electron chi connectivity index (χ2n) is 1.93. The minimum absolute atomic E-state index is 0. The minimum Gasteiger partial charge on any atom is -1.00 e. The monoisotopic (exact) mass is 192 g/mol. The zero-order valence-electron chi connectivity index (χ0n) is 7.86. The molecule has 0 aliphatic heterocycles. The van der Waals surface area contributed by atoms with E-state index in [0.29, 0.717) is 5.56 Å². The molecule has 0 aliphatic rings. The Morgan fingerprint density at radius 1 is 1.42 bits per heavy atom. The van der Waals surface area contributed by atoms with Gasteiger partial charge in [0.05, 0.1) is 5.56 Å². The zero-order chi connectivity index (χ0) is 8.10. The molecule has 4 heteroatoms. The van der Waals surface area contributed by atoms with Crippen molar-refractivity contribution in [3.8, 4) is 0 Å². The van der Waals surface area contributed by atoms with Crippen LogP contribution in [0.5, 0.6) is 0 Å². The van der Waals surface area contributed by atoms with Gasteiger partial charge in [-0.3, -0.25) is 0 Å². The van der Waals surface area contributed by atoms with Crippen molar-refractivity contribution in [2.75, 3.05) is 6.79 Å². The number of rotatable bonds is 2. The van der Waals surface area contributed by atoms with Gasteiger partial charge >= 0.3 is 57.4 Å². The molecular formula is C8H9KO3. The third kappa shape index (κ3) is 3.80. The predicted molar refractivity (Wildman–Crippen MR) is 40.1 cm³/mol. The van der Waals surface area contributed by atoms with Gasteiger partial charge in [-0.2, -0.15) is 0 Å². The van der Waals surface area contributed by atoms with Crippen LogP contribution in [0.2, 0.25) is 0 Å². The number of aliphatic hydroxyl groups is 1. The summed E-state index contributed by atoms with van der Waals surface area (Å²) < 4.78 is 4.34. The summed E-state index contributed by atoms with van der Waals surface area (Å²) in [5.74, 6) is -0.506. The van der Waals surface area contributed by atoms with E-state index < -0.39 is 12.8 Å². The number of esters is 1. The van der Waals surface area contributed by atoms with E-state index in [1.165, 1.54) is 0 Å². The van der Waals surface area contributed by atoms with Crippen LogP contribution < -0.4 is 51.4 Å². The topological polar surface area (TPSA) is 46.5 Å². The molecule has 0 fully saturated rings. The van der Waals surface area contributed by atoms with Gasteiger partial charge in [0.15, 0.2) is 6.79 Å². The van der Waals surface area contributed by atoms with Crippen molar-refractivity contribution in [2.45, 2.75) is 0 Å². The number of hydrogen-bond donors (Lipinski definition) is 1. The van der Waals surface area contributed by atoms with Crippen LogP contribution in [0.25, 0.3) is 0 Å². The summed E-state index contributed by atoms with van der Waals surface area (Å²) >= 11 is 0. The van der Waals surface area contributed by atoms with Crippen LogP contribution in [0.1, 0.15) is 11.8 Å². The first-order valence-corrected chi connectivity index (χ1v) is 3.17. The van der Waals surface area contributed by atoms with Crippen LogP contribution in [-0.4, -0.2) is 17.9 Å². The molecule has 0 saturated heterocycles. The Kier molecular flexibility index (Phi) is 6.93. The van der Waals surface area contributed by atoms with Crippen LogP contribution in [-0.2, 0) is 4.74 Å². The number of hydrogen-bond acceptors (Lipinski definition) is 3. The number of benzene rings is 1. The van der Waals surface area contributed by atoms with E-state index in [0.717, 1.165) is 0 Å². The molecule has 0 atom stereocenters. The normalized spacial score (nSPS) is 8.42. The fourth-order valence-electron chi connectivity index (χ4n) is 0.716. The first-order chi connectivity index (χ1) is 5.34. The van der Waals surface area contributed by atoms with E-state index >= 15 is 0 Å². The van der Waals surface area contributed by atoms with E-state index in [9.17, 15) is 4.79 Å². The Hall–Kier alpha value is 0.286. The number of aliphatic hydroxyl groups excluding tert-OH is 1. The Balaban J connectivity index is 0. The maximum Gasteiger partial charge on any atom is 1.00 e. The number of carbonyl (C=O) groups excluding carboxylic acids is 1. The molecule has 1 rings (SSSR count). The average molecular weight is 192 g/mol. The van der Waals surface area contributed by atoms with Gasteiger partial charge < -0.3 is 11.3 Å². The van der Waals surface area contributed by atoms with E-state index in [2.05, 4.69) is 4.74 Å². The quantitative estimate of drug-likeness (QED) is 0.332. The van der Waals surface area contributed by atoms with Crippen molar-refractivity contribution in [3.63, 3.8) is 0 Å². The molecule has 3 nitrogen and oxygen atoms in total. The van der Waals surface area contributed by atoms with Crippen LogP contribution in [0.3, 0.4) is 0 Å². The average Bonchev–Trinajstić information content (AvgIpc) is 2.07. The molecule has 0 heterocycles. The van der Waals surface area contributed by atoms with Crippen molar-refractivity contribution in [1.29, 1.82) is 0 Å². The van der Waals surface area contributed by atoms with Gasteiger partial charge in [-0.15, -0.1) is 0 Å². The Bertz CT molecular complexity index is 240. The molecule has 1 N–H and O–H groups in total. The van der Waals surface area contributed by atoms with Gasteiger partial charge in [0, 0.05) is 0 Å². The molecule has 1 aromatic carbocycles. The summed E-state index contributed by atoms with van der Waals surface area (Å²) in [6, 6.07) is 8.51. The molecule has 0 saturated carbocycles. The standard InChI is InChI=1S/C8H8O3.K.H/c9-6-11-8(10)7-4-2-1-3-5-7;;/h1-5,9H,6H2;;/q;+1;-1. The van der Waals surface area contributed by atoms with E-state index in [1.807, 2.05) is 0 Å². The third-order valence-electron chi connectivity index (χ3n) is 1.21. The molecule has 12 heavy (non-hydrogen) atoms. The van der Waals surface area contributed by atoms with Crippen molar-refractivity contribution in [2.24, 2.45) is 0 Å². The molecule has 0 amide bonds. The van der Waals surface area contributed by atoms with Crippen LogP contribution in [0.4, 0.5) is 0 Å². The molecule has 0 unspecified atom stereocenters. The van der Waals surface area contributed by atoms with E-state index in [1.54, 1.807) is 30.3 Å². The maximum atomic E-state index is 10.9. The van der Waals surface area contributed by atoms with E-state index in [-0.39, 0.29) is 52.8 Å². The molecule has 60 valence electrons. The van der Waals surface area contributed by atoms with Crippen molar-refractivity contribution >= 4 is 5.97 Å². The largest absolute Gasteiger partial charge is 1.00 e. The van der Waals surface area contributed by atoms with Crippen molar-refractivity contribution in [1.82, 2.24) is 0 Å². The zero-order valence-corrected chi connectivity index (χ0v) is 9.98. The Labute approximate surface area is 115 Å². The number of carbonyl (C=O) groups is 1. The molecule has 0 radical (unpaired) electrons. The molecular weight excluding hydrogens is 183 g/mol. The Morgan fingerprint density at radius 2 is 2.00 bits per heavy atom. The van der Waals surface area contributed by atoms with Gasteiger partial charge in [0.25, 0.3) is 0 Å². The summed E-state index contributed by atoms with van der Waals surface area (Å²) in [6.07, 6.45) is 0. The first-order valence-electron chi connectivity index (χ1n) is 3.17. The summed E-state index contributed by atoms with van der Waals surface area (Å²) in [5, 5.41) is 8.25. The van der Waals surface area contributed by atoms with Crippen LogP contribution >= 0.6 is 0 Å². The summed E-state index contributed by atoms with van der Waals surface area (Å²) in [4.78, 5) is 10.9.